The first kappa shape index (κ1) is 21.3. The summed E-state index contributed by atoms with van der Waals surface area (Å²) in [6, 6.07) is 3.64. The highest BCUT2D eigenvalue weighted by Gasteiger charge is 2.38. The van der Waals surface area contributed by atoms with Crippen LogP contribution < -0.4 is 4.90 Å². The molecule has 0 radical (unpaired) electrons. The van der Waals surface area contributed by atoms with Crippen molar-refractivity contribution in [1.82, 2.24) is 19.7 Å². The van der Waals surface area contributed by atoms with Crippen molar-refractivity contribution in [3.63, 3.8) is 0 Å². The van der Waals surface area contributed by atoms with Crippen LogP contribution in [0.15, 0.2) is 35.5 Å². The van der Waals surface area contributed by atoms with Crippen molar-refractivity contribution < 1.29 is 27.1 Å². The highest BCUT2D eigenvalue weighted by atomic mass is 35.5. The van der Waals surface area contributed by atoms with Gasteiger partial charge in [-0.2, -0.15) is 18.2 Å². The summed E-state index contributed by atoms with van der Waals surface area (Å²) in [5.41, 5.74) is -1.66. The zero-order valence-corrected chi connectivity index (χ0v) is 17.5. The molecule has 0 saturated carbocycles. The Kier molecular flexibility index (Phi) is 4.85. The molecule has 1 aromatic carbocycles. The van der Waals surface area contributed by atoms with E-state index in [4.69, 9.17) is 16.3 Å². The number of fused-ring (bicyclic) bond motifs is 3. The van der Waals surface area contributed by atoms with E-state index in [2.05, 4.69) is 20.1 Å². The molecule has 0 spiro atoms. The van der Waals surface area contributed by atoms with Gasteiger partial charge in [-0.1, -0.05) is 11.6 Å². The number of alkyl halides is 3. The van der Waals surface area contributed by atoms with Crippen molar-refractivity contribution in [2.24, 2.45) is 4.99 Å². The number of aromatic nitrogens is 4. The second-order valence-electron chi connectivity index (χ2n) is 7.25. The van der Waals surface area contributed by atoms with Gasteiger partial charge in [0.1, 0.15) is 18.3 Å². The molecule has 0 bridgehead atoms. The fourth-order valence-corrected chi connectivity index (χ4v) is 4.05. The van der Waals surface area contributed by atoms with Crippen LogP contribution in [0, 0.1) is 5.82 Å². The molecule has 2 aromatic heterocycles. The fraction of sp³-hybridized carbons (Fsp3) is 0.250. The minimum absolute atomic E-state index is 0.00369. The maximum atomic E-state index is 14.7. The number of pyridine rings is 1. The van der Waals surface area contributed by atoms with Crippen LogP contribution in [-0.4, -0.2) is 44.7 Å². The van der Waals surface area contributed by atoms with Gasteiger partial charge in [-0.25, -0.2) is 18.8 Å². The SMILES string of the molecule is C[C@@H]1N=C(c2ncccc2F)c2c(ccc(C(F)(F)F)c2Cl)-n2nc(N3CCOC3=O)nc21. The lowest BCUT2D eigenvalue weighted by molar-refractivity contribution is -0.137. The summed E-state index contributed by atoms with van der Waals surface area (Å²) in [6.45, 7) is 1.97. The predicted molar refractivity (Wildman–Crippen MR) is 108 cm³/mol. The number of anilines is 1. The second-order valence-corrected chi connectivity index (χ2v) is 7.63. The Bertz CT molecular complexity index is 1320. The first-order valence-corrected chi connectivity index (χ1v) is 10.0. The number of ether oxygens (including phenoxy) is 1. The Balaban J connectivity index is 1.80. The van der Waals surface area contributed by atoms with E-state index >= 15 is 0 Å². The molecule has 2 aliphatic rings. The van der Waals surface area contributed by atoms with E-state index in [9.17, 15) is 22.4 Å². The van der Waals surface area contributed by atoms with Gasteiger partial charge in [-0.15, -0.1) is 5.10 Å². The molecule has 13 heteroatoms. The smallest absolute Gasteiger partial charge is 0.417 e. The molecular formula is C20H13ClF4N6O2. The van der Waals surface area contributed by atoms with E-state index in [0.717, 1.165) is 18.2 Å². The average molecular weight is 481 g/mol. The van der Waals surface area contributed by atoms with Gasteiger partial charge in [0, 0.05) is 11.8 Å². The van der Waals surface area contributed by atoms with Gasteiger partial charge in [0.2, 0.25) is 0 Å². The number of benzene rings is 1. The van der Waals surface area contributed by atoms with Crippen molar-refractivity contribution in [2.45, 2.75) is 19.1 Å². The maximum absolute atomic E-state index is 14.7. The van der Waals surface area contributed by atoms with Gasteiger partial charge < -0.3 is 4.74 Å². The molecule has 1 atom stereocenters. The largest absolute Gasteiger partial charge is 0.447 e. The summed E-state index contributed by atoms with van der Waals surface area (Å²) >= 11 is 6.26. The molecular weight excluding hydrogens is 468 g/mol. The lowest BCUT2D eigenvalue weighted by atomic mass is 10.0. The Hall–Kier alpha value is -3.54. The number of halogens is 5. The van der Waals surface area contributed by atoms with Crippen molar-refractivity contribution in [3.8, 4) is 5.69 Å². The van der Waals surface area contributed by atoms with Crippen molar-refractivity contribution >= 4 is 29.4 Å². The normalized spacial score (nSPS) is 17.9. The molecule has 33 heavy (non-hydrogen) atoms. The number of hydrogen-bond donors (Lipinski definition) is 0. The lowest BCUT2D eigenvalue weighted by Gasteiger charge is -2.17. The molecule has 3 aromatic rings. The van der Waals surface area contributed by atoms with E-state index in [0.29, 0.717) is 0 Å². The summed E-state index contributed by atoms with van der Waals surface area (Å²) in [4.78, 5) is 25.9. The monoisotopic (exact) mass is 480 g/mol. The van der Waals surface area contributed by atoms with Crippen LogP contribution >= 0.6 is 11.6 Å². The third-order valence-electron chi connectivity index (χ3n) is 5.19. The predicted octanol–water partition coefficient (Wildman–Crippen LogP) is 4.34. The Morgan fingerprint density at radius 2 is 2.03 bits per heavy atom. The average Bonchev–Trinajstić information content (AvgIpc) is 3.35. The van der Waals surface area contributed by atoms with Crippen molar-refractivity contribution in [3.05, 3.63) is 63.9 Å². The maximum Gasteiger partial charge on any atom is 0.417 e. The zero-order chi connectivity index (χ0) is 23.5. The topological polar surface area (TPSA) is 85.5 Å². The molecule has 170 valence electrons. The number of rotatable bonds is 2. The standard InChI is InChI=1S/C20H13ClF4N6O2/c1-9-17-28-18(30-7-8-33-19(30)32)29-31(17)12-5-4-10(20(23,24)25)14(21)13(12)16(27-9)15-11(22)3-2-6-26-15/h2-6,9H,7-8H2,1H3/t9-/m0/s1. The number of amides is 1. The summed E-state index contributed by atoms with van der Waals surface area (Å²) in [5.74, 6) is -0.562. The van der Waals surface area contributed by atoms with Crippen LogP contribution in [0.25, 0.3) is 5.69 Å². The van der Waals surface area contributed by atoms with Crippen molar-refractivity contribution in [2.75, 3.05) is 18.1 Å². The van der Waals surface area contributed by atoms with Crippen LogP contribution in [0.5, 0.6) is 0 Å². The van der Waals surface area contributed by atoms with Crippen LogP contribution in [0.2, 0.25) is 5.02 Å². The van der Waals surface area contributed by atoms with E-state index in [1.165, 1.54) is 21.8 Å². The first-order chi connectivity index (χ1) is 15.7. The molecule has 0 N–H and O–H groups in total. The van der Waals surface area contributed by atoms with Crippen LogP contribution in [-0.2, 0) is 10.9 Å². The molecule has 1 amide bonds. The molecule has 4 heterocycles. The van der Waals surface area contributed by atoms with Crippen LogP contribution in [0.3, 0.4) is 0 Å². The number of carbonyl (C=O) groups excluding carboxylic acids is 1. The number of aliphatic imine (C=N–C) groups is 1. The van der Waals surface area contributed by atoms with E-state index in [-0.39, 0.29) is 47.6 Å². The van der Waals surface area contributed by atoms with Gasteiger partial charge in [-0.3, -0.25) is 9.98 Å². The highest BCUT2D eigenvalue weighted by Crippen LogP contribution is 2.41. The van der Waals surface area contributed by atoms with Crippen LogP contribution in [0.4, 0.5) is 28.3 Å². The van der Waals surface area contributed by atoms with Gasteiger partial charge in [0.25, 0.3) is 5.95 Å². The fourth-order valence-electron chi connectivity index (χ4n) is 3.69. The molecule has 2 aliphatic heterocycles. The molecule has 8 nitrogen and oxygen atoms in total. The summed E-state index contributed by atoms with van der Waals surface area (Å²) in [7, 11) is 0. The summed E-state index contributed by atoms with van der Waals surface area (Å²) in [6.07, 6.45) is -4.12. The van der Waals surface area contributed by atoms with Gasteiger partial charge >= 0.3 is 12.3 Å². The quantitative estimate of drug-likeness (QED) is 0.509. The third kappa shape index (κ3) is 3.41. The van der Waals surface area contributed by atoms with Gasteiger partial charge in [-0.05, 0) is 31.2 Å². The molecule has 1 fully saturated rings. The Labute approximate surface area is 188 Å². The van der Waals surface area contributed by atoms with E-state index < -0.39 is 34.7 Å². The number of cyclic esters (lactones) is 1. The van der Waals surface area contributed by atoms with Gasteiger partial charge in [0.15, 0.2) is 11.6 Å². The number of nitrogens with zero attached hydrogens (tertiary/aromatic N) is 6. The first-order valence-electron chi connectivity index (χ1n) is 9.67. The Morgan fingerprint density at radius 1 is 1.24 bits per heavy atom. The van der Waals surface area contributed by atoms with Gasteiger partial charge in [0.05, 0.1) is 28.5 Å². The minimum atomic E-state index is -4.77. The van der Waals surface area contributed by atoms with Crippen LogP contribution in [0.1, 0.15) is 35.6 Å². The number of hydrogen-bond acceptors (Lipinski definition) is 6. The Morgan fingerprint density at radius 3 is 2.70 bits per heavy atom. The molecule has 1 saturated heterocycles. The summed E-state index contributed by atoms with van der Waals surface area (Å²) in [5, 5.41) is 3.64. The number of carbonyl (C=O) groups is 1. The summed E-state index contributed by atoms with van der Waals surface area (Å²) < 4.78 is 61.8. The zero-order valence-electron chi connectivity index (χ0n) is 16.8. The molecule has 0 unspecified atom stereocenters. The second kappa shape index (κ2) is 7.51. The van der Waals surface area contributed by atoms with E-state index in [1.54, 1.807) is 6.92 Å². The van der Waals surface area contributed by atoms with Crippen molar-refractivity contribution in [1.29, 1.82) is 0 Å². The minimum Gasteiger partial charge on any atom is -0.447 e. The third-order valence-corrected chi connectivity index (χ3v) is 5.59. The lowest BCUT2D eigenvalue weighted by Crippen LogP contribution is -2.24. The molecule has 0 aliphatic carbocycles. The van der Waals surface area contributed by atoms with E-state index in [1.807, 2.05) is 0 Å². The highest BCUT2D eigenvalue weighted by molar-refractivity contribution is 6.37. The molecule has 5 rings (SSSR count).